The third-order valence-corrected chi connectivity index (χ3v) is 5.35. The van der Waals surface area contributed by atoms with E-state index < -0.39 is 0 Å². The Bertz CT molecular complexity index is 317. The monoisotopic (exact) mass is 578 g/mol. The van der Waals surface area contributed by atoms with Gasteiger partial charge in [0.2, 0.25) is 0 Å². The summed E-state index contributed by atoms with van der Waals surface area (Å²) in [5.41, 5.74) is -0.604. The molecule has 0 radical (unpaired) electrons. The summed E-state index contributed by atoms with van der Waals surface area (Å²) in [4.78, 5) is 0. The molecule has 0 aromatic carbocycles. The zero-order valence-corrected chi connectivity index (χ0v) is 30.5. The predicted molar refractivity (Wildman–Crippen MR) is 94.4 cm³/mol. The van der Waals surface area contributed by atoms with Crippen LogP contribution in [0.25, 0.3) is 0 Å². The Labute approximate surface area is 268 Å². The third-order valence-electron chi connectivity index (χ3n) is 5.35. The Morgan fingerprint density at radius 1 is 0.500 bits per heavy atom. The summed E-state index contributed by atoms with van der Waals surface area (Å²) in [7, 11) is 0. The summed E-state index contributed by atoms with van der Waals surface area (Å²) >= 11 is 0. The van der Waals surface area contributed by atoms with Crippen molar-refractivity contribution in [1.29, 1.82) is 0 Å². The van der Waals surface area contributed by atoms with Crippen molar-refractivity contribution in [3.05, 3.63) is 10.4 Å². The maximum absolute atomic E-state index is 11.7. The fraction of sp³-hybridized carbons (Fsp3) is 1.00. The number of hydroxylamine groups is 4. The summed E-state index contributed by atoms with van der Waals surface area (Å²) in [5, 5.41) is 25.9. The first-order chi connectivity index (χ1) is 9.72. The Kier molecular flexibility index (Phi) is 14.3. The molecule has 0 aliphatic carbocycles. The van der Waals surface area contributed by atoms with Gasteiger partial charge in [-0.25, -0.2) is 0 Å². The molecule has 0 aromatic rings. The van der Waals surface area contributed by atoms with Gasteiger partial charge in [-0.15, -0.1) is 0 Å². The molecular weight excluding hydrogens is 542 g/mol. The second-order valence-electron chi connectivity index (χ2n) is 9.55. The Hall–Kier alpha value is 3.94. The molecule has 2 fully saturated rings. The molecular formula is C18H36Cs2N2O2. The number of hydrogen-bond donors (Lipinski definition) is 0. The van der Waals surface area contributed by atoms with Crippen molar-refractivity contribution < 1.29 is 138 Å². The molecule has 132 valence electrons. The molecule has 0 bridgehead atoms. The molecule has 4 nitrogen and oxygen atoms in total. The normalized spacial score (nSPS) is 27.8. The predicted octanol–water partition coefficient (Wildman–Crippen LogP) is -0.937. The van der Waals surface area contributed by atoms with Crippen molar-refractivity contribution in [2.24, 2.45) is 0 Å². The van der Waals surface area contributed by atoms with E-state index in [1.807, 2.05) is 55.4 Å². The van der Waals surface area contributed by atoms with Crippen LogP contribution in [0.4, 0.5) is 0 Å². The Morgan fingerprint density at radius 2 is 0.667 bits per heavy atom. The van der Waals surface area contributed by atoms with Crippen molar-refractivity contribution in [2.45, 2.75) is 116 Å². The number of hydrogen-bond acceptors (Lipinski definition) is 4. The third kappa shape index (κ3) is 8.36. The van der Waals surface area contributed by atoms with Gasteiger partial charge < -0.3 is 20.5 Å². The van der Waals surface area contributed by atoms with Gasteiger partial charge in [-0.2, -0.15) is 0 Å². The average Bonchev–Trinajstić information content (AvgIpc) is 2.33. The van der Waals surface area contributed by atoms with Gasteiger partial charge in [0.25, 0.3) is 0 Å². The molecule has 2 heterocycles. The fourth-order valence-electron chi connectivity index (χ4n) is 3.95. The van der Waals surface area contributed by atoms with Crippen molar-refractivity contribution in [2.75, 3.05) is 0 Å². The summed E-state index contributed by atoms with van der Waals surface area (Å²) in [5.74, 6) is 0. The minimum atomic E-state index is -0.151. The smallest absolute Gasteiger partial charge is 0.784 e. The molecule has 0 amide bonds. The van der Waals surface area contributed by atoms with Gasteiger partial charge in [0, 0.05) is 22.2 Å². The van der Waals surface area contributed by atoms with E-state index in [1.165, 1.54) is 23.0 Å². The number of rotatable bonds is 0. The molecule has 2 saturated heterocycles. The van der Waals surface area contributed by atoms with Crippen LogP contribution in [0, 0.1) is 10.4 Å². The van der Waals surface area contributed by atoms with E-state index in [0.717, 1.165) is 25.7 Å². The van der Waals surface area contributed by atoms with E-state index in [-0.39, 0.29) is 160 Å². The molecule has 0 N–H and O–H groups in total. The van der Waals surface area contributed by atoms with Crippen LogP contribution in [0.1, 0.15) is 93.9 Å². The molecule has 2 aliphatic rings. The summed E-state index contributed by atoms with van der Waals surface area (Å²) < 4.78 is 0. The van der Waals surface area contributed by atoms with Crippen molar-refractivity contribution in [3.8, 4) is 0 Å². The fourth-order valence-corrected chi connectivity index (χ4v) is 3.95. The van der Waals surface area contributed by atoms with E-state index in [2.05, 4.69) is 0 Å². The second-order valence-corrected chi connectivity index (χ2v) is 9.55. The first-order valence-corrected chi connectivity index (χ1v) is 8.67. The van der Waals surface area contributed by atoms with Gasteiger partial charge in [0.15, 0.2) is 0 Å². The van der Waals surface area contributed by atoms with Gasteiger partial charge in [-0.05, 0) is 93.9 Å². The van der Waals surface area contributed by atoms with Crippen LogP contribution in [0.3, 0.4) is 0 Å². The van der Waals surface area contributed by atoms with E-state index >= 15 is 0 Å². The van der Waals surface area contributed by atoms with Crippen molar-refractivity contribution >= 4 is 0 Å². The Balaban J connectivity index is 0. The summed E-state index contributed by atoms with van der Waals surface area (Å²) in [6.45, 7) is 16.2. The zero-order valence-electron chi connectivity index (χ0n) is 18.0. The van der Waals surface area contributed by atoms with E-state index in [9.17, 15) is 10.4 Å². The van der Waals surface area contributed by atoms with E-state index in [1.54, 1.807) is 0 Å². The van der Waals surface area contributed by atoms with Gasteiger partial charge >= 0.3 is 138 Å². The summed E-state index contributed by atoms with van der Waals surface area (Å²) in [6.07, 6.45) is 6.47. The minimum absolute atomic E-state index is 0. The molecule has 24 heavy (non-hydrogen) atoms. The standard InChI is InChI=1S/2C9H18NO.2Cs/c2*1-8(2)6-5-7-9(3,4)10(8)11;;/h2*5-7H2,1-4H3;;/q2*-1;2*+1. The van der Waals surface area contributed by atoms with Crippen LogP contribution >= 0.6 is 0 Å². The van der Waals surface area contributed by atoms with Gasteiger partial charge in [0.1, 0.15) is 0 Å². The van der Waals surface area contributed by atoms with Crippen LogP contribution in [-0.4, -0.2) is 32.3 Å². The summed E-state index contributed by atoms with van der Waals surface area (Å²) in [6, 6.07) is 0. The maximum Gasteiger partial charge on any atom is 1.00 e. The largest absolute Gasteiger partial charge is 1.00 e. The van der Waals surface area contributed by atoms with Gasteiger partial charge in [-0.3, -0.25) is 0 Å². The first kappa shape index (κ1) is 30.1. The van der Waals surface area contributed by atoms with Crippen LogP contribution in [-0.2, 0) is 0 Å². The van der Waals surface area contributed by atoms with Crippen molar-refractivity contribution in [1.82, 2.24) is 10.1 Å². The Morgan fingerprint density at radius 3 is 0.792 bits per heavy atom. The zero-order chi connectivity index (χ0) is 17.4. The molecule has 2 rings (SSSR count). The number of nitrogens with zero attached hydrogens (tertiary/aromatic N) is 2. The maximum atomic E-state index is 11.7. The van der Waals surface area contributed by atoms with Crippen LogP contribution in [0.15, 0.2) is 0 Å². The molecule has 0 unspecified atom stereocenters. The molecule has 0 aromatic heterocycles. The second kappa shape index (κ2) is 11.4. The molecule has 6 heteroatoms. The van der Waals surface area contributed by atoms with Gasteiger partial charge in [-0.1, -0.05) is 0 Å². The molecule has 0 atom stereocenters. The van der Waals surface area contributed by atoms with Crippen molar-refractivity contribution in [3.63, 3.8) is 0 Å². The van der Waals surface area contributed by atoms with E-state index in [0.29, 0.717) is 0 Å². The number of piperidine rings is 2. The van der Waals surface area contributed by atoms with Gasteiger partial charge in [0.05, 0.1) is 0 Å². The SMILES string of the molecule is CC1(C)CCCC(C)(C)N1[O-].CC1(C)CCCC(C)(C)N1[O-].[Cs+].[Cs+]. The van der Waals surface area contributed by atoms with E-state index in [4.69, 9.17) is 0 Å². The van der Waals surface area contributed by atoms with Crippen LogP contribution in [0.5, 0.6) is 0 Å². The average molecular weight is 578 g/mol. The molecule has 0 saturated carbocycles. The molecule has 0 spiro atoms. The topological polar surface area (TPSA) is 52.6 Å². The van der Waals surface area contributed by atoms with Crippen LogP contribution < -0.4 is 138 Å². The minimum Gasteiger partial charge on any atom is -0.784 e. The quantitative estimate of drug-likeness (QED) is 0.373. The molecule has 2 aliphatic heterocycles. The van der Waals surface area contributed by atoms with Crippen LogP contribution in [0.2, 0.25) is 0 Å². The first-order valence-electron chi connectivity index (χ1n) is 8.67.